The summed E-state index contributed by atoms with van der Waals surface area (Å²) in [7, 11) is 0. The fourth-order valence-electron chi connectivity index (χ4n) is 1.07. The quantitative estimate of drug-likeness (QED) is 0.666. The molecular formula is C8H11N5. The predicted molar refractivity (Wildman–Crippen MR) is 48.9 cm³/mol. The van der Waals surface area contributed by atoms with E-state index in [9.17, 15) is 0 Å². The van der Waals surface area contributed by atoms with Gasteiger partial charge in [0.1, 0.15) is 17.7 Å². The lowest BCUT2D eigenvalue weighted by Gasteiger charge is -2.13. The van der Waals surface area contributed by atoms with Gasteiger partial charge in [0, 0.05) is 0 Å². The van der Waals surface area contributed by atoms with E-state index in [0.29, 0.717) is 5.65 Å². The molecule has 2 aromatic heterocycles. The predicted octanol–water partition coefficient (Wildman–Crippen LogP) is 0.547. The molecule has 13 heavy (non-hydrogen) atoms. The third-order valence-electron chi connectivity index (χ3n) is 1.77. The Kier molecular flexibility index (Phi) is 1.56. The zero-order chi connectivity index (χ0) is 9.47. The zero-order valence-electron chi connectivity index (χ0n) is 7.57. The van der Waals surface area contributed by atoms with Crippen LogP contribution in [0.3, 0.4) is 0 Å². The molecule has 3 N–H and O–H groups in total. The van der Waals surface area contributed by atoms with Crippen LogP contribution in [-0.2, 0) is 5.54 Å². The normalized spacial score (nSPS) is 12.2. The molecule has 0 fully saturated rings. The lowest BCUT2D eigenvalue weighted by atomic mass is 10.1. The van der Waals surface area contributed by atoms with Crippen LogP contribution in [0, 0.1) is 0 Å². The van der Waals surface area contributed by atoms with Crippen molar-refractivity contribution in [2.45, 2.75) is 19.4 Å². The van der Waals surface area contributed by atoms with Crippen LogP contribution in [0.1, 0.15) is 19.7 Å². The van der Waals surface area contributed by atoms with E-state index in [1.165, 1.54) is 6.33 Å². The van der Waals surface area contributed by atoms with Crippen LogP contribution in [-0.4, -0.2) is 19.9 Å². The van der Waals surface area contributed by atoms with E-state index in [-0.39, 0.29) is 0 Å². The first kappa shape index (κ1) is 8.12. The van der Waals surface area contributed by atoms with E-state index in [1.54, 1.807) is 6.20 Å². The number of nitrogens with zero attached hydrogens (tertiary/aromatic N) is 3. The van der Waals surface area contributed by atoms with Crippen molar-refractivity contribution in [1.29, 1.82) is 0 Å². The molecule has 2 heterocycles. The fraction of sp³-hybridized carbons (Fsp3) is 0.375. The second kappa shape index (κ2) is 2.50. The average Bonchev–Trinajstić information content (AvgIpc) is 2.45. The van der Waals surface area contributed by atoms with Gasteiger partial charge >= 0.3 is 0 Å². The Hall–Kier alpha value is -1.49. The highest BCUT2D eigenvalue weighted by Gasteiger charge is 2.18. The number of rotatable bonds is 1. The van der Waals surface area contributed by atoms with Crippen LogP contribution >= 0.6 is 0 Å². The molecule has 0 aliphatic carbocycles. The largest absolute Gasteiger partial charge is 0.338 e. The minimum Gasteiger partial charge on any atom is -0.338 e. The molecule has 5 heteroatoms. The Morgan fingerprint density at radius 2 is 2.23 bits per heavy atom. The number of fused-ring (bicyclic) bond motifs is 1. The summed E-state index contributed by atoms with van der Waals surface area (Å²) in [5.74, 6) is 0.725. The Balaban J connectivity index is 2.63. The maximum atomic E-state index is 5.88. The molecule has 0 saturated carbocycles. The highest BCUT2D eigenvalue weighted by atomic mass is 15.0. The number of hydrogen-bond acceptors (Lipinski definition) is 4. The zero-order valence-corrected chi connectivity index (χ0v) is 7.57. The second-order valence-corrected chi connectivity index (χ2v) is 3.57. The summed E-state index contributed by atoms with van der Waals surface area (Å²) >= 11 is 0. The topological polar surface area (TPSA) is 80.5 Å². The molecule has 0 aliphatic rings. The lowest BCUT2D eigenvalue weighted by molar-refractivity contribution is 0.522. The minimum absolute atomic E-state index is 0.472. The van der Waals surface area contributed by atoms with E-state index >= 15 is 0 Å². The molecule has 0 radical (unpaired) electrons. The van der Waals surface area contributed by atoms with Crippen molar-refractivity contribution in [3.63, 3.8) is 0 Å². The summed E-state index contributed by atoms with van der Waals surface area (Å²) in [6, 6.07) is 0. The summed E-state index contributed by atoms with van der Waals surface area (Å²) in [6.45, 7) is 3.77. The number of aromatic amines is 1. The molecule has 0 bridgehead atoms. The fourth-order valence-corrected chi connectivity index (χ4v) is 1.07. The summed E-state index contributed by atoms with van der Waals surface area (Å²) in [4.78, 5) is 15.2. The smallest absolute Gasteiger partial charge is 0.180 e. The van der Waals surface area contributed by atoms with E-state index in [0.717, 1.165) is 11.3 Å². The van der Waals surface area contributed by atoms with Crippen LogP contribution in [0.5, 0.6) is 0 Å². The molecule has 68 valence electrons. The van der Waals surface area contributed by atoms with Crippen molar-refractivity contribution >= 4 is 11.2 Å². The van der Waals surface area contributed by atoms with Crippen molar-refractivity contribution in [2.75, 3.05) is 0 Å². The SMILES string of the molecule is CC(C)(N)c1nc2ncncc2[nH]1. The molecule has 0 atom stereocenters. The van der Waals surface area contributed by atoms with Crippen molar-refractivity contribution in [1.82, 2.24) is 19.9 Å². The highest BCUT2D eigenvalue weighted by molar-refractivity contribution is 5.68. The maximum Gasteiger partial charge on any atom is 0.180 e. The monoisotopic (exact) mass is 177 g/mol. The van der Waals surface area contributed by atoms with Gasteiger partial charge in [0.2, 0.25) is 0 Å². The molecule has 2 rings (SSSR count). The summed E-state index contributed by atoms with van der Waals surface area (Å²) in [6.07, 6.45) is 3.15. The second-order valence-electron chi connectivity index (χ2n) is 3.57. The van der Waals surface area contributed by atoms with Crippen molar-refractivity contribution in [3.8, 4) is 0 Å². The Morgan fingerprint density at radius 3 is 2.85 bits per heavy atom. The van der Waals surface area contributed by atoms with Crippen molar-refractivity contribution in [2.24, 2.45) is 5.73 Å². The van der Waals surface area contributed by atoms with Gasteiger partial charge in [-0.3, -0.25) is 0 Å². The van der Waals surface area contributed by atoms with Gasteiger partial charge in [-0.2, -0.15) is 0 Å². The summed E-state index contributed by atoms with van der Waals surface area (Å²) in [5.41, 5.74) is 6.88. The number of hydrogen-bond donors (Lipinski definition) is 2. The standard InChI is InChI=1S/C8H11N5/c1-8(2,9)7-12-5-3-10-4-11-6(5)13-7/h3-4H,9H2,1-2H3,(H,10,11,12,13). The van der Waals surface area contributed by atoms with Gasteiger partial charge in [-0.1, -0.05) is 0 Å². The third kappa shape index (κ3) is 1.38. The van der Waals surface area contributed by atoms with E-state index in [4.69, 9.17) is 5.73 Å². The molecule has 2 aromatic rings. The van der Waals surface area contributed by atoms with Gasteiger partial charge in [-0.05, 0) is 13.8 Å². The van der Waals surface area contributed by atoms with Gasteiger partial charge in [0.05, 0.1) is 11.7 Å². The molecule has 0 unspecified atom stereocenters. The molecule has 0 amide bonds. The molecule has 0 aromatic carbocycles. The maximum absolute atomic E-state index is 5.88. The number of imidazole rings is 1. The number of nitrogens with one attached hydrogen (secondary N) is 1. The minimum atomic E-state index is -0.472. The van der Waals surface area contributed by atoms with E-state index < -0.39 is 5.54 Å². The van der Waals surface area contributed by atoms with Gasteiger partial charge < -0.3 is 10.7 Å². The first-order valence-corrected chi connectivity index (χ1v) is 4.02. The number of nitrogens with two attached hydrogens (primary N) is 1. The third-order valence-corrected chi connectivity index (χ3v) is 1.77. The Morgan fingerprint density at radius 1 is 1.46 bits per heavy atom. The lowest BCUT2D eigenvalue weighted by Crippen LogP contribution is -2.30. The first-order chi connectivity index (χ1) is 6.07. The van der Waals surface area contributed by atoms with Crippen LogP contribution < -0.4 is 5.73 Å². The molecular weight excluding hydrogens is 166 g/mol. The molecule has 0 spiro atoms. The Labute approximate surface area is 75.4 Å². The van der Waals surface area contributed by atoms with Gasteiger partial charge in [0.15, 0.2) is 5.65 Å². The van der Waals surface area contributed by atoms with Crippen molar-refractivity contribution < 1.29 is 0 Å². The van der Waals surface area contributed by atoms with E-state index in [1.807, 2.05) is 13.8 Å². The molecule has 0 saturated heterocycles. The Bertz CT molecular complexity index is 392. The van der Waals surface area contributed by atoms with Gasteiger partial charge in [-0.15, -0.1) is 0 Å². The highest BCUT2D eigenvalue weighted by Crippen LogP contribution is 2.15. The molecule has 5 nitrogen and oxygen atoms in total. The molecule has 0 aliphatic heterocycles. The van der Waals surface area contributed by atoms with Crippen LogP contribution in [0.25, 0.3) is 11.2 Å². The number of H-pyrrole nitrogens is 1. The average molecular weight is 177 g/mol. The van der Waals surface area contributed by atoms with Crippen LogP contribution in [0.2, 0.25) is 0 Å². The van der Waals surface area contributed by atoms with Crippen LogP contribution in [0.15, 0.2) is 12.5 Å². The number of aromatic nitrogens is 4. The van der Waals surface area contributed by atoms with Gasteiger partial charge in [-0.25, -0.2) is 15.0 Å². The summed E-state index contributed by atoms with van der Waals surface area (Å²) < 4.78 is 0. The van der Waals surface area contributed by atoms with Crippen molar-refractivity contribution in [3.05, 3.63) is 18.3 Å². The van der Waals surface area contributed by atoms with E-state index in [2.05, 4.69) is 19.9 Å². The first-order valence-electron chi connectivity index (χ1n) is 4.02. The van der Waals surface area contributed by atoms with Gasteiger partial charge in [0.25, 0.3) is 0 Å². The van der Waals surface area contributed by atoms with Crippen LogP contribution in [0.4, 0.5) is 0 Å². The summed E-state index contributed by atoms with van der Waals surface area (Å²) in [5, 5.41) is 0.